The van der Waals surface area contributed by atoms with Crippen molar-refractivity contribution in [2.24, 2.45) is 17.8 Å². The third-order valence-corrected chi connectivity index (χ3v) is 13.0. The summed E-state index contributed by atoms with van der Waals surface area (Å²) in [5, 5.41) is 7.42. The molecule has 3 aliphatic rings. The first-order chi connectivity index (χ1) is 29.3. The van der Waals surface area contributed by atoms with Gasteiger partial charge in [-0.2, -0.15) is 0 Å². The minimum Gasteiger partial charge on any atom is -0.488 e. The molecule has 61 heavy (non-hydrogen) atoms. The Morgan fingerprint density at radius 2 is 1.62 bits per heavy atom. The number of carbonyl (C=O) groups excluding carboxylic acids is 4. The van der Waals surface area contributed by atoms with Gasteiger partial charge in [-0.25, -0.2) is 19.6 Å². The Bertz CT molecular complexity index is 2490. The van der Waals surface area contributed by atoms with E-state index in [9.17, 15) is 19.2 Å². The number of carbonyl (C=O) groups is 4. The molecule has 0 spiro atoms. The number of rotatable bonds is 11. The molecule has 0 radical (unpaired) electrons. The van der Waals surface area contributed by atoms with Crippen LogP contribution in [0.25, 0.3) is 44.2 Å². The van der Waals surface area contributed by atoms with Crippen molar-refractivity contribution in [3.8, 4) is 28.1 Å². The Labute approximate surface area is 354 Å². The fourth-order valence-electron chi connectivity index (χ4n) is 9.67. The molecule has 0 bridgehead atoms. The van der Waals surface area contributed by atoms with E-state index in [1.54, 1.807) is 6.92 Å². The van der Waals surface area contributed by atoms with Crippen LogP contribution in [-0.4, -0.2) is 94.3 Å². The highest BCUT2D eigenvalue weighted by Gasteiger charge is 2.44. The molecule has 1 saturated carbocycles. The average Bonchev–Trinajstić information content (AvgIpc) is 4.08. The van der Waals surface area contributed by atoms with E-state index in [2.05, 4.69) is 63.9 Å². The number of alkyl carbamates (subject to hydrolysis) is 2. The number of nitrogens with zero attached hydrogens (tertiary/aromatic N) is 3. The highest BCUT2D eigenvalue weighted by Crippen LogP contribution is 2.46. The van der Waals surface area contributed by atoms with E-state index in [1.807, 2.05) is 37.9 Å². The first-order valence-electron chi connectivity index (χ1n) is 21.1. The number of imidazole rings is 2. The van der Waals surface area contributed by atoms with Crippen LogP contribution in [0.2, 0.25) is 0 Å². The normalized spacial score (nSPS) is 22.3. The van der Waals surface area contributed by atoms with Crippen LogP contribution in [0, 0.1) is 17.8 Å². The Morgan fingerprint density at radius 1 is 0.869 bits per heavy atom. The molecule has 3 amide bonds. The van der Waals surface area contributed by atoms with Crippen LogP contribution in [0.5, 0.6) is 5.75 Å². The molecular weight excluding hydrogens is 779 g/mol. The van der Waals surface area contributed by atoms with Gasteiger partial charge in [0.05, 0.1) is 49.3 Å². The number of fused-ring (bicyclic) bond motifs is 6. The SMILES string of the molecule is COC(=O)N[C@H](C(=O)N1[C@@H](C)CC[C@H]1c1ncc(-c2ccc3c(c2)COc2cc4c(ccc5nc([C@@H]6C[C@H](C)CC6C(=O)[C@@H](NC(=O)OC)[C@@H](C)OC)[nH]c54)cc2-3)[nH]1)C(C)C. The van der Waals surface area contributed by atoms with Crippen LogP contribution in [0.15, 0.2) is 48.7 Å². The molecule has 2 fully saturated rings. The molecule has 4 heterocycles. The lowest BCUT2D eigenvalue weighted by Gasteiger charge is -2.32. The summed E-state index contributed by atoms with van der Waals surface area (Å²) in [6.45, 7) is 10.1. The number of aromatic nitrogens is 4. The van der Waals surface area contributed by atoms with Gasteiger partial charge in [-0.15, -0.1) is 0 Å². The Kier molecular flexibility index (Phi) is 11.5. The molecule has 1 saturated heterocycles. The molecule has 3 aromatic carbocycles. The van der Waals surface area contributed by atoms with Crippen LogP contribution in [0.1, 0.15) is 89.5 Å². The number of benzene rings is 3. The van der Waals surface area contributed by atoms with E-state index in [-0.39, 0.29) is 47.4 Å². The molecular formula is C46H55N7O8. The highest BCUT2D eigenvalue weighted by atomic mass is 16.5. The number of likely N-dealkylation sites (tertiary alicyclic amines) is 1. The minimum absolute atomic E-state index is 0.0177. The lowest BCUT2D eigenvalue weighted by atomic mass is 9.86. The van der Waals surface area contributed by atoms with E-state index < -0.39 is 30.4 Å². The van der Waals surface area contributed by atoms with Crippen molar-refractivity contribution in [3.63, 3.8) is 0 Å². The topological polar surface area (TPSA) is 190 Å². The third-order valence-electron chi connectivity index (χ3n) is 13.0. The average molecular weight is 834 g/mol. The predicted octanol–water partition coefficient (Wildman–Crippen LogP) is 7.56. The maximum absolute atomic E-state index is 14.1. The minimum atomic E-state index is -0.856. The van der Waals surface area contributed by atoms with Gasteiger partial charge in [0.15, 0.2) is 5.78 Å². The number of hydrogen-bond donors (Lipinski definition) is 4. The van der Waals surface area contributed by atoms with Crippen LogP contribution in [-0.2, 0) is 30.4 Å². The van der Waals surface area contributed by atoms with Gasteiger partial charge in [0.2, 0.25) is 5.91 Å². The van der Waals surface area contributed by atoms with Gasteiger partial charge in [-0.05, 0) is 97.7 Å². The number of ketones is 1. The summed E-state index contributed by atoms with van der Waals surface area (Å²) in [7, 11) is 4.09. The fraction of sp³-hybridized carbons (Fsp3) is 0.478. The number of ether oxygens (including phenoxy) is 4. The van der Waals surface area contributed by atoms with Gasteiger partial charge in [0.25, 0.3) is 0 Å². The fourth-order valence-corrected chi connectivity index (χ4v) is 9.67. The molecule has 15 heteroatoms. The van der Waals surface area contributed by atoms with E-state index in [4.69, 9.17) is 28.9 Å². The van der Waals surface area contributed by atoms with Gasteiger partial charge < -0.3 is 44.4 Å². The largest absolute Gasteiger partial charge is 0.488 e. The van der Waals surface area contributed by atoms with E-state index in [0.717, 1.165) is 80.6 Å². The number of aromatic amines is 2. The molecule has 1 unspecified atom stereocenters. The molecule has 4 N–H and O–H groups in total. The standard InChI is InChI=1S/C46H55N7O8/c1-22(2)38(51-45(56)59-7)44(55)53-24(4)9-14-36(53)43-47-20-35(49-43)27-10-12-29-28(17-27)21-61-37-19-30-26(18-31(29)37)11-13-34-40(30)50-42(48-34)33-16-23(3)15-32(33)41(54)39(25(5)58-6)52-46(57)60-8/h10-13,17-20,22-25,32-33,36,38-39H,9,14-16,21H2,1-8H3,(H,47,49)(H,48,50)(H,51,56)(H,52,57)/t23-,24+,25-,32?,33-,36+,38+,39+/m1/s1. The van der Waals surface area contributed by atoms with Crippen molar-refractivity contribution >= 4 is 45.7 Å². The van der Waals surface area contributed by atoms with Crippen molar-refractivity contribution in [3.05, 3.63) is 65.9 Å². The lowest BCUT2D eigenvalue weighted by Crippen LogP contribution is -2.52. The van der Waals surface area contributed by atoms with Crippen molar-refractivity contribution < 1.29 is 38.1 Å². The number of amides is 3. The van der Waals surface area contributed by atoms with Crippen molar-refractivity contribution in [2.45, 2.75) is 103 Å². The second kappa shape index (κ2) is 16.8. The molecule has 322 valence electrons. The second-order valence-electron chi connectivity index (χ2n) is 17.3. The smallest absolute Gasteiger partial charge is 0.407 e. The number of Topliss-reactive ketones (excluding diaryl/α,β-unsaturated/α-hetero) is 1. The molecule has 5 aromatic rings. The summed E-state index contributed by atoms with van der Waals surface area (Å²) in [5.74, 6) is 1.62. The second-order valence-corrected chi connectivity index (χ2v) is 17.3. The zero-order chi connectivity index (χ0) is 43.3. The summed E-state index contributed by atoms with van der Waals surface area (Å²) in [6.07, 6.45) is 3.00. The highest BCUT2D eigenvalue weighted by molar-refractivity contribution is 6.07. The number of hydrogen-bond acceptors (Lipinski definition) is 10. The van der Waals surface area contributed by atoms with Crippen LogP contribution >= 0.6 is 0 Å². The van der Waals surface area contributed by atoms with Gasteiger partial charge in [0.1, 0.15) is 36.1 Å². The quantitative estimate of drug-likeness (QED) is 0.103. The van der Waals surface area contributed by atoms with Crippen LogP contribution < -0.4 is 15.4 Å². The number of H-pyrrole nitrogens is 2. The van der Waals surface area contributed by atoms with E-state index in [1.165, 1.54) is 21.3 Å². The molecule has 2 aromatic heterocycles. The summed E-state index contributed by atoms with van der Waals surface area (Å²) >= 11 is 0. The maximum Gasteiger partial charge on any atom is 0.407 e. The lowest BCUT2D eigenvalue weighted by molar-refractivity contribution is -0.137. The summed E-state index contributed by atoms with van der Waals surface area (Å²) < 4.78 is 21.6. The summed E-state index contributed by atoms with van der Waals surface area (Å²) in [4.78, 5) is 71.0. The van der Waals surface area contributed by atoms with E-state index in [0.29, 0.717) is 18.9 Å². The zero-order valence-electron chi connectivity index (χ0n) is 36.0. The Hall–Kier alpha value is -5.96. The van der Waals surface area contributed by atoms with Crippen LogP contribution in [0.3, 0.4) is 0 Å². The van der Waals surface area contributed by atoms with Crippen molar-refractivity contribution in [2.75, 3.05) is 21.3 Å². The number of nitrogens with one attached hydrogen (secondary N) is 4. The Balaban J connectivity index is 1.05. The Morgan fingerprint density at radius 3 is 2.34 bits per heavy atom. The monoisotopic (exact) mass is 833 g/mol. The van der Waals surface area contributed by atoms with E-state index >= 15 is 0 Å². The molecule has 1 aliphatic carbocycles. The van der Waals surface area contributed by atoms with Crippen molar-refractivity contribution in [1.82, 2.24) is 35.5 Å². The zero-order valence-corrected chi connectivity index (χ0v) is 36.0. The van der Waals surface area contributed by atoms with Crippen molar-refractivity contribution in [1.29, 1.82) is 0 Å². The third kappa shape index (κ3) is 7.79. The summed E-state index contributed by atoms with van der Waals surface area (Å²) in [6, 6.07) is 12.8. The summed E-state index contributed by atoms with van der Waals surface area (Å²) in [5.41, 5.74) is 6.59. The van der Waals surface area contributed by atoms with Gasteiger partial charge in [-0.3, -0.25) is 9.59 Å². The first-order valence-corrected chi connectivity index (χ1v) is 21.1. The molecule has 8 atom stereocenters. The maximum atomic E-state index is 14.1. The van der Waals surface area contributed by atoms with Gasteiger partial charge in [0, 0.05) is 35.9 Å². The first kappa shape index (κ1) is 41.8. The van der Waals surface area contributed by atoms with Gasteiger partial charge >= 0.3 is 12.2 Å². The van der Waals surface area contributed by atoms with Gasteiger partial charge in [-0.1, -0.05) is 39.0 Å². The molecule has 2 aliphatic heterocycles. The molecule has 15 nitrogen and oxygen atoms in total. The number of methoxy groups -OCH3 is 3. The predicted molar refractivity (Wildman–Crippen MR) is 229 cm³/mol. The van der Waals surface area contributed by atoms with Crippen LogP contribution in [0.4, 0.5) is 9.59 Å². The molecule has 8 rings (SSSR count).